The number of benzene rings is 1. The second-order valence-corrected chi connectivity index (χ2v) is 5.75. The Kier molecular flexibility index (Phi) is 6.73. The van der Waals surface area contributed by atoms with Crippen LogP contribution in [0.1, 0.15) is 30.4 Å². The quantitative estimate of drug-likeness (QED) is 0.697. The fourth-order valence-electron chi connectivity index (χ4n) is 2.42. The van der Waals surface area contributed by atoms with Gasteiger partial charge in [0, 0.05) is 32.4 Å². The van der Waals surface area contributed by atoms with Crippen LogP contribution in [0.15, 0.2) is 48.8 Å². The van der Waals surface area contributed by atoms with Gasteiger partial charge in [0.1, 0.15) is 5.82 Å². The number of amides is 1. The summed E-state index contributed by atoms with van der Waals surface area (Å²) >= 11 is 0. The van der Waals surface area contributed by atoms with E-state index in [1.54, 1.807) is 29.4 Å². The second-order valence-electron chi connectivity index (χ2n) is 5.75. The van der Waals surface area contributed by atoms with Crippen LogP contribution in [0.4, 0.5) is 4.39 Å². The van der Waals surface area contributed by atoms with E-state index in [1.807, 2.05) is 19.2 Å². The van der Waals surface area contributed by atoms with Crippen LogP contribution < -0.4 is 0 Å². The third-order valence-corrected chi connectivity index (χ3v) is 3.93. The van der Waals surface area contributed by atoms with Crippen molar-refractivity contribution in [3.8, 4) is 0 Å². The molecule has 0 unspecified atom stereocenters. The molecule has 1 amide bonds. The van der Waals surface area contributed by atoms with Gasteiger partial charge < -0.3 is 4.90 Å². The molecule has 0 spiro atoms. The van der Waals surface area contributed by atoms with Crippen molar-refractivity contribution >= 4 is 5.91 Å². The van der Waals surface area contributed by atoms with Crippen molar-refractivity contribution in [2.45, 2.75) is 32.1 Å². The number of pyridine rings is 1. The van der Waals surface area contributed by atoms with Crippen LogP contribution in [-0.2, 0) is 17.6 Å². The zero-order valence-electron chi connectivity index (χ0n) is 13.5. The maximum Gasteiger partial charge on any atom is 0.222 e. The van der Waals surface area contributed by atoms with Crippen LogP contribution in [0.3, 0.4) is 0 Å². The van der Waals surface area contributed by atoms with E-state index in [0.29, 0.717) is 6.42 Å². The van der Waals surface area contributed by atoms with Crippen molar-refractivity contribution < 1.29 is 9.18 Å². The van der Waals surface area contributed by atoms with Crippen LogP contribution in [0.25, 0.3) is 0 Å². The largest absolute Gasteiger partial charge is 0.345 e. The van der Waals surface area contributed by atoms with Gasteiger partial charge >= 0.3 is 0 Å². The molecule has 2 aromatic rings. The molecule has 0 atom stereocenters. The highest BCUT2D eigenvalue weighted by Crippen LogP contribution is 2.09. The molecule has 0 saturated carbocycles. The average Bonchev–Trinajstić information content (AvgIpc) is 2.59. The van der Waals surface area contributed by atoms with Gasteiger partial charge in [0.2, 0.25) is 5.91 Å². The molecule has 23 heavy (non-hydrogen) atoms. The smallest absolute Gasteiger partial charge is 0.222 e. The van der Waals surface area contributed by atoms with E-state index in [1.165, 1.54) is 17.7 Å². The first-order valence-corrected chi connectivity index (χ1v) is 8.02. The third kappa shape index (κ3) is 6.19. The van der Waals surface area contributed by atoms with E-state index >= 15 is 0 Å². The molecule has 4 heteroatoms. The van der Waals surface area contributed by atoms with Gasteiger partial charge in [0.25, 0.3) is 0 Å². The van der Waals surface area contributed by atoms with Crippen molar-refractivity contribution in [2.75, 3.05) is 13.6 Å². The molecule has 1 aromatic carbocycles. The lowest BCUT2D eigenvalue weighted by Crippen LogP contribution is -2.28. The number of hydrogen-bond acceptors (Lipinski definition) is 2. The van der Waals surface area contributed by atoms with E-state index in [-0.39, 0.29) is 11.7 Å². The lowest BCUT2D eigenvalue weighted by atomic mass is 10.1. The minimum absolute atomic E-state index is 0.179. The molecule has 0 bridgehead atoms. The lowest BCUT2D eigenvalue weighted by Gasteiger charge is -2.17. The lowest BCUT2D eigenvalue weighted by molar-refractivity contribution is -0.130. The number of aryl methyl sites for hydroxylation is 1. The monoisotopic (exact) mass is 314 g/mol. The molecular formula is C19H23FN2O. The van der Waals surface area contributed by atoms with Crippen LogP contribution in [-0.4, -0.2) is 29.4 Å². The normalized spacial score (nSPS) is 10.5. The molecule has 2 rings (SSSR count). The topological polar surface area (TPSA) is 33.2 Å². The number of rotatable bonds is 8. The molecule has 0 aliphatic carbocycles. The highest BCUT2D eigenvalue weighted by atomic mass is 19.1. The molecule has 0 aliphatic rings. The SMILES string of the molecule is CN(CCc1ccncc1)C(=O)CCCCc1ccc(F)cc1. The van der Waals surface area contributed by atoms with Gasteiger partial charge in [-0.3, -0.25) is 9.78 Å². The van der Waals surface area contributed by atoms with Crippen LogP contribution in [0.5, 0.6) is 0 Å². The Bertz CT molecular complexity index is 599. The summed E-state index contributed by atoms with van der Waals surface area (Å²) < 4.78 is 12.8. The van der Waals surface area contributed by atoms with Crippen LogP contribution in [0, 0.1) is 5.82 Å². The minimum Gasteiger partial charge on any atom is -0.345 e. The van der Waals surface area contributed by atoms with E-state index < -0.39 is 0 Å². The number of carbonyl (C=O) groups is 1. The zero-order valence-corrected chi connectivity index (χ0v) is 13.5. The Morgan fingerprint density at radius 3 is 2.35 bits per heavy atom. The van der Waals surface area contributed by atoms with E-state index in [4.69, 9.17) is 0 Å². The Hall–Kier alpha value is -2.23. The first-order chi connectivity index (χ1) is 11.1. The van der Waals surface area contributed by atoms with Crippen molar-refractivity contribution in [3.63, 3.8) is 0 Å². The molecule has 1 aromatic heterocycles. The summed E-state index contributed by atoms with van der Waals surface area (Å²) in [6.45, 7) is 0.723. The van der Waals surface area contributed by atoms with Crippen molar-refractivity contribution in [1.82, 2.24) is 9.88 Å². The summed E-state index contributed by atoms with van der Waals surface area (Å²) in [5, 5.41) is 0. The maximum absolute atomic E-state index is 12.8. The molecule has 3 nitrogen and oxygen atoms in total. The number of halogens is 1. The van der Waals surface area contributed by atoms with Crippen LogP contribution in [0.2, 0.25) is 0 Å². The van der Waals surface area contributed by atoms with E-state index in [9.17, 15) is 9.18 Å². The van der Waals surface area contributed by atoms with E-state index in [0.717, 1.165) is 37.8 Å². The molecule has 0 aliphatic heterocycles. The summed E-state index contributed by atoms with van der Waals surface area (Å²) in [4.78, 5) is 17.9. The Morgan fingerprint density at radius 1 is 1.00 bits per heavy atom. The molecule has 0 saturated heterocycles. The predicted molar refractivity (Wildman–Crippen MR) is 89.5 cm³/mol. The Balaban J connectivity index is 1.63. The first kappa shape index (κ1) is 17.1. The van der Waals surface area contributed by atoms with Gasteiger partial charge in [0.05, 0.1) is 0 Å². The minimum atomic E-state index is -0.209. The summed E-state index contributed by atoms with van der Waals surface area (Å²) in [5.41, 5.74) is 2.31. The second kappa shape index (κ2) is 9.03. The first-order valence-electron chi connectivity index (χ1n) is 8.02. The zero-order chi connectivity index (χ0) is 16.5. The highest BCUT2D eigenvalue weighted by Gasteiger charge is 2.08. The van der Waals surface area contributed by atoms with Gasteiger partial charge in [-0.15, -0.1) is 0 Å². The number of nitrogens with zero attached hydrogens (tertiary/aromatic N) is 2. The highest BCUT2D eigenvalue weighted by molar-refractivity contribution is 5.75. The summed E-state index contributed by atoms with van der Waals surface area (Å²) in [6, 6.07) is 10.5. The molecular weight excluding hydrogens is 291 g/mol. The predicted octanol–water partition coefficient (Wildman–Crippen LogP) is 3.63. The van der Waals surface area contributed by atoms with Crippen molar-refractivity contribution in [3.05, 3.63) is 65.7 Å². The molecule has 122 valence electrons. The Labute approximate surface area is 137 Å². The number of hydrogen-bond donors (Lipinski definition) is 0. The summed E-state index contributed by atoms with van der Waals surface area (Å²) in [7, 11) is 1.85. The molecule has 1 heterocycles. The molecule has 0 N–H and O–H groups in total. The van der Waals surface area contributed by atoms with Gasteiger partial charge in [-0.25, -0.2) is 4.39 Å². The number of unbranched alkanes of at least 4 members (excludes halogenated alkanes) is 1. The molecule has 0 radical (unpaired) electrons. The maximum atomic E-state index is 12.8. The van der Waals surface area contributed by atoms with Crippen molar-refractivity contribution in [1.29, 1.82) is 0 Å². The average molecular weight is 314 g/mol. The standard InChI is InChI=1S/C19H23FN2O/c1-22(15-12-17-10-13-21-14-11-17)19(23)5-3-2-4-16-6-8-18(20)9-7-16/h6-11,13-14H,2-5,12,15H2,1H3. The van der Waals surface area contributed by atoms with Gasteiger partial charge in [-0.05, 0) is 61.1 Å². The Morgan fingerprint density at radius 2 is 1.65 bits per heavy atom. The van der Waals surface area contributed by atoms with Gasteiger partial charge in [-0.1, -0.05) is 12.1 Å². The summed E-state index contributed by atoms with van der Waals surface area (Å²) in [6.07, 6.45) is 7.63. The summed E-state index contributed by atoms with van der Waals surface area (Å²) in [5.74, 6) is -0.0297. The fourth-order valence-corrected chi connectivity index (χ4v) is 2.42. The van der Waals surface area contributed by atoms with E-state index in [2.05, 4.69) is 4.98 Å². The fraction of sp³-hybridized carbons (Fsp3) is 0.368. The van der Waals surface area contributed by atoms with Crippen molar-refractivity contribution in [2.24, 2.45) is 0 Å². The third-order valence-electron chi connectivity index (χ3n) is 3.93. The number of carbonyl (C=O) groups excluding carboxylic acids is 1. The van der Waals surface area contributed by atoms with Crippen LogP contribution >= 0.6 is 0 Å². The number of likely N-dealkylation sites (N-methyl/N-ethyl adjacent to an activating group) is 1. The number of aromatic nitrogens is 1. The van der Waals surface area contributed by atoms with Gasteiger partial charge in [0.15, 0.2) is 0 Å². The van der Waals surface area contributed by atoms with Gasteiger partial charge in [-0.2, -0.15) is 0 Å². The molecule has 0 fully saturated rings.